The van der Waals surface area contributed by atoms with Crippen molar-refractivity contribution in [3.8, 4) is 5.75 Å². The molecule has 2 aliphatic heterocycles. The Bertz CT molecular complexity index is 773. The number of methoxy groups -OCH3 is 1. The van der Waals surface area contributed by atoms with Gasteiger partial charge in [-0.05, 0) is 37.0 Å². The number of carbonyl (C=O) groups is 1. The van der Waals surface area contributed by atoms with E-state index in [-0.39, 0.29) is 5.91 Å². The average Bonchev–Trinajstić information content (AvgIpc) is 3.15. The Morgan fingerprint density at radius 3 is 2.62 bits per heavy atom. The molecule has 0 N–H and O–H groups in total. The Hall–Kier alpha value is -2.05. The summed E-state index contributed by atoms with van der Waals surface area (Å²) in [5.41, 5.74) is 1.82. The van der Waals surface area contributed by atoms with Gasteiger partial charge in [0.15, 0.2) is 17.1 Å². The molecule has 4 rings (SSSR count). The van der Waals surface area contributed by atoms with Gasteiger partial charge in [-0.3, -0.25) is 9.69 Å². The van der Waals surface area contributed by atoms with Gasteiger partial charge in [0.25, 0.3) is 5.91 Å². The molecule has 1 amide bonds. The lowest BCUT2D eigenvalue weighted by atomic mass is 10.1. The van der Waals surface area contributed by atoms with Crippen molar-refractivity contribution in [3.05, 3.63) is 29.5 Å². The molecule has 0 unspecified atom stereocenters. The van der Waals surface area contributed by atoms with E-state index in [4.69, 9.17) is 13.9 Å². The van der Waals surface area contributed by atoms with E-state index in [1.807, 2.05) is 17.0 Å². The molecule has 0 spiro atoms. The molecule has 0 radical (unpaired) electrons. The number of likely N-dealkylation sites (tertiary alicyclic amines) is 1. The lowest BCUT2D eigenvalue weighted by molar-refractivity contribution is 0.0343. The Balaban J connectivity index is 1.65. The fraction of sp³-hybridized carbons (Fsp3) is 0.550. The van der Waals surface area contributed by atoms with Crippen molar-refractivity contribution in [2.24, 2.45) is 0 Å². The summed E-state index contributed by atoms with van der Waals surface area (Å²) >= 11 is 0. The maximum absolute atomic E-state index is 12.8. The zero-order valence-electron chi connectivity index (χ0n) is 15.3. The molecule has 3 heterocycles. The number of morpholine rings is 1. The fourth-order valence-electron chi connectivity index (χ4n) is 3.81. The van der Waals surface area contributed by atoms with Crippen LogP contribution in [0.15, 0.2) is 22.6 Å². The molecular weight excluding hydrogens is 332 g/mol. The Labute approximate surface area is 153 Å². The van der Waals surface area contributed by atoms with Gasteiger partial charge < -0.3 is 18.8 Å². The van der Waals surface area contributed by atoms with Gasteiger partial charge in [0.2, 0.25) is 0 Å². The fourth-order valence-corrected chi connectivity index (χ4v) is 3.81. The molecular formula is C20H26N2O4. The molecule has 2 aliphatic rings. The lowest BCUT2D eigenvalue weighted by Gasteiger charge is -2.26. The SMILES string of the molecule is COc1ccc(CN2CCOCC2)c2cc(C(=O)N3CCCCC3)oc12. The largest absolute Gasteiger partial charge is 0.493 e. The monoisotopic (exact) mass is 358 g/mol. The van der Waals surface area contributed by atoms with Crippen molar-refractivity contribution in [3.63, 3.8) is 0 Å². The van der Waals surface area contributed by atoms with Crippen LogP contribution in [0.25, 0.3) is 11.0 Å². The van der Waals surface area contributed by atoms with Gasteiger partial charge >= 0.3 is 0 Å². The van der Waals surface area contributed by atoms with Crippen LogP contribution < -0.4 is 4.74 Å². The molecule has 6 heteroatoms. The molecule has 2 saturated heterocycles. The van der Waals surface area contributed by atoms with Crippen LogP contribution in [-0.2, 0) is 11.3 Å². The van der Waals surface area contributed by atoms with Gasteiger partial charge in [-0.15, -0.1) is 0 Å². The first kappa shape index (κ1) is 17.4. The first-order chi connectivity index (χ1) is 12.8. The van der Waals surface area contributed by atoms with Crippen molar-refractivity contribution in [1.29, 1.82) is 0 Å². The third kappa shape index (κ3) is 3.44. The molecule has 26 heavy (non-hydrogen) atoms. The van der Waals surface area contributed by atoms with Crippen LogP contribution in [0.4, 0.5) is 0 Å². The molecule has 1 aromatic carbocycles. The first-order valence-electron chi connectivity index (χ1n) is 9.45. The molecule has 6 nitrogen and oxygen atoms in total. The van der Waals surface area contributed by atoms with Crippen molar-refractivity contribution in [1.82, 2.24) is 9.80 Å². The van der Waals surface area contributed by atoms with E-state index in [9.17, 15) is 4.79 Å². The van der Waals surface area contributed by atoms with Crippen LogP contribution in [0.1, 0.15) is 35.4 Å². The highest BCUT2D eigenvalue weighted by atomic mass is 16.5. The van der Waals surface area contributed by atoms with Crippen molar-refractivity contribution >= 4 is 16.9 Å². The molecule has 0 saturated carbocycles. The number of fused-ring (bicyclic) bond motifs is 1. The van der Waals surface area contributed by atoms with Crippen molar-refractivity contribution < 1.29 is 18.7 Å². The van der Waals surface area contributed by atoms with Crippen LogP contribution in [0.5, 0.6) is 5.75 Å². The van der Waals surface area contributed by atoms with Gasteiger partial charge in [0, 0.05) is 38.1 Å². The number of furan rings is 1. The number of ether oxygens (including phenoxy) is 2. The first-order valence-corrected chi connectivity index (χ1v) is 9.45. The number of carbonyl (C=O) groups excluding carboxylic acids is 1. The summed E-state index contributed by atoms with van der Waals surface area (Å²) in [5, 5.41) is 0.969. The predicted octanol–water partition coefficient (Wildman–Crippen LogP) is 2.90. The third-order valence-corrected chi connectivity index (χ3v) is 5.31. The predicted molar refractivity (Wildman–Crippen MR) is 98.6 cm³/mol. The van der Waals surface area contributed by atoms with Crippen molar-refractivity contribution in [2.45, 2.75) is 25.8 Å². The van der Waals surface area contributed by atoms with Crippen LogP contribution >= 0.6 is 0 Å². The van der Waals surface area contributed by atoms with Crippen LogP contribution in [0, 0.1) is 0 Å². The molecule has 0 aliphatic carbocycles. The number of rotatable bonds is 4. The maximum Gasteiger partial charge on any atom is 0.289 e. The summed E-state index contributed by atoms with van der Waals surface area (Å²) < 4.78 is 16.9. The minimum absolute atomic E-state index is 0.0136. The minimum Gasteiger partial charge on any atom is -0.493 e. The number of benzene rings is 1. The summed E-state index contributed by atoms with van der Waals surface area (Å²) in [6.45, 7) is 5.82. The van der Waals surface area contributed by atoms with Crippen molar-refractivity contribution in [2.75, 3.05) is 46.5 Å². The number of hydrogen-bond acceptors (Lipinski definition) is 5. The Kier molecular flexibility index (Phi) is 5.13. The average molecular weight is 358 g/mol. The third-order valence-electron chi connectivity index (χ3n) is 5.31. The zero-order chi connectivity index (χ0) is 17.9. The molecule has 2 fully saturated rings. The molecule has 2 aromatic rings. The number of piperidine rings is 1. The van der Waals surface area contributed by atoms with E-state index in [0.29, 0.717) is 17.1 Å². The van der Waals surface area contributed by atoms with Crippen LogP contribution in [0.2, 0.25) is 0 Å². The van der Waals surface area contributed by atoms with Gasteiger partial charge in [0.1, 0.15) is 0 Å². The zero-order valence-corrected chi connectivity index (χ0v) is 15.3. The normalized spacial score (nSPS) is 19.0. The molecule has 1 aromatic heterocycles. The van der Waals surface area contributed by atoms with E-state index < -0.39 is 0 Å². The highest BCUT2D eigenvalue weighted by Gasteiger charge is 2.24. The van der Waals surface area contributed by atoms with E-state index in [0.717, 1.165) is 69.7 Å². The van der Waals surface area contributed by atoms with Gasteiger partial charge in [-0.25, -0.2) is 0 Å². The number of hydrogen-bond donors (Lipinski definition) is 0. The summed E-state index contributed by atoms with van der Waals surface area (Å²) in [6, 6.07) is 5.89. The summed E-state index contributed by atoms with van der Waals surface area (Å²) in [5.74, 6) is 1.07. The van der Waals surface area contributed by atoms with Gasteiger partial charge in [-0.1, -0.05) is 6.07 Å². The second-order valence-corrected chi connectivity index (χ2v) is 7.02. The minimum atomic E-state index is -0.0136. The summed E-state index contributed by atoms with van der Waals surface area (Å²) in [6.07, 6.45) is 3.33. The highest BCUT2D eigenvalue weighted by molar-refractivity contribution is 5.98. The second kappa shape index (κ2) is 7.68. The second-order valence-electron chi connectivity index (χ2n) is 7.02. The molecule has 0 atom stereocenters. The van der Waals surface area contributed by atoms with Gasteiger partial charge in [0.05, 0.1) is 20.3 Å². The van der Waals surface area contributed by atoms with E-state index >= 15 is 0 Å². The lowest BCUT2D eigenvalue weighted by Crippen LogP contribution is -2.35. The smallest absolute Gasteiger partial charge is 0.289 e. The van der Waals surface area contributed by atoms with Gasteiger partial charge in [-0.2, -0.15) is 0 Å². The topological polar surface area (TPSA) is 55.2 Å². The summed E-state index contributed by atoms with van der Waals surface area (Å²) in [4.78, 5) is 17.1. The number of nitrogens with zero attached hydrogens (tertiary/aromatic N) is 2. The quantitative estimate of drug-likeness (QED) is 0.841. The van der Waals surface area contributed by atoms with E-state index in [2.05, 4.69) is 11.0 Å². The standard InChI is InChI=1S/C20H26N2O4/c1-24-17-6-5-15(14-21-9-11-25-12-10-21)16-13-18(26-19(16)17)20(23)22-7-3-2-4-8-22/h5-6,13H,2-4,7-12,14H2,1H3. The van der Waals surface area contributed by atoms with E-state index in [1.54, 1.807) is 7.11 Å². The van der Waals surface area contributed by atoms with Crippen LogP contribution in [-0.4, -0.2) is 62.2 Å². The Morgan fingerprint density at radius 2 is 1.88 bits per heavy atom. The molecule has 0 bridgehead atoms. The Morgan fingerprint density at radius 1 is 1.12 bits per heavy atom. The number of amides is 1. The maximum atomic E-state index is 12.8. The summed E-state index contributed by atoms with van der Waals surface area (Å²) in [7, 11) is 1.63. The molecule has 140 valence electrons. The van der Waals surface area contributed by atoms with Crippen LogP contribution in [0.3, 0.4) is 0 Å². The highest BCUT2D eigenvalue weighted by Crippen LogP contribution is 2.33. The van der Waals surface area contributed by atoms with E-state index in [1.165, 1.54) is 6.42 Å².